The van der Waals surface area contributed by atoms with Crippen molar-refractivity contribution >= 4 is 35.9 Å². The van der Waals surface area contributed by atoms with Gasteiger partial charge >= 0.3 is 30.0 Å². The first kappa shape index (κ1) is 31.6. The number of alkyl carbamates (subject to hydrolysis) is 1. The Morgan fingerprint density at radius 1 is 0.919 bits per heavy atom. The molecule has 0 aliphatic carbocycles. The number of rotatable bonds is 10. The summed E-state index contributed by atoms with van der Waals surface area (Å²) in [7, 11) is 0. The summed E-state index contributed by atoms with van der Waals surface area (Å²) >= 11 is 0. The van der Waals surface area contributed by atoms with E-state index in [0.29, 0.717) is 0 Å². The normalized spacial score (nSPS) is 24.1. The number of carboxylic acid groups (broad SMARTS) is 1. The van der Waals surface area contributed by atoms with Crippen LogP contribution in [0.15, 0.2) is 0 Å². The highest BCUT2D eigenvalue weighted by Crippen LogP contribution is 2.28. The van der Waals surface area contributed by atoms with E-state index in [0.717, 1.165) is 27.7 Å². The lowest BCUT2D eigenvalue weighted by Crippen LogP contribution is -2.67. The first-order chi connectivity index (χ1) is 17.0. The van der Waals surface area contributed by atoms with Gasteiger partial charge in [-0.15, -0.1) is 0 Å². The van der Waals surface area contributed by atoms with E-state index in [4.69, 9.17) is 28.4 Å². The zero-order chi connectivity index (χ0) is 28.5. The number of carbonyl (C=O) groups excluding carboxylic acids is 5. The van der Waals surface area contributed by atoms with Gasteiger partial charge < -0.3 is 44.2 Å². The van der Waals surface area contributed by atoms with Crippen molar-refractivity contribution in [3.63, 3.8) is 0 Å². The molecule has 15 heteroatoms. The lowest BCUT2D eigenvalue weighted by atomic mass is 9.96. The Morgan fingerprint density at radius 2 is 1.49 bits per heavy atom. The van der Waals surface area contributed by atoms with Gasteiger partial charge in [-0.2, -0.15) is 0 Å². The van der Waals surface area contributed by atoms with E-state index in [-0.39, 0.29) is 0 Å². The number of carbonyl (C=O) groups is 6. The number of carboxylic acids is 1. The fourth-order valence-corrected chi connectivity index (χ4v) is 3.25. The Morgan fingerprint density at radius 3 is 1.95 bits per heavy atom. The number of nitrogens with one attached hydrogen (secondary N) is 2. The Bertz CT molecular complexity index is 869. The van der Waals surface area contributed by atoms with Crippen molar-refractivity contribution in [2.45, 2.75) is 90.8 Å². The van der Waals surface area contributed by atoms with Gasteiger partial charge in [-0.05, 0) is 20.8 Å². The van der Waals surface area contributed by atoms with Crippen LogP contribution in [0.4, 0.5) is 4.79 Å². The van der Waals surface area contributed by atoms with Gasteiger partial charge in [-0.1, -0.05) is 0 Å². The third-order valence-electron chi connectivity index (χ3n) is 4.49. The molecule has 37 heavy (non-hydrogen) atoms. The largest absolute Gasteiger partial charge is 0.480 e. The second kappa shape index (κ2) is 13.7. The lowest BCUT2D eigenvalue weighted by molar-refractivity contribution is -0.278. The molecule has 1 aliphatic rings. The summed E-state index contributed by atoms with van der Waals surface area (Å²) in [6, 6.07) is -2.91. The predicted molar refractivity (Wildman–Crippen MR) is 121 cm³/mol. The molecule has 210 valence electrons. The van der Waals surface area contributed by atoms with Gasteiger partial charge in [0.15, 0.2) is 24.5 Å². The molecule has 0 bridgehead atoms. The minimum Gasteiger partial charge on any atom is -0.480 e. The molecule has 0 aromatic rings. The van der Waals surface area contributed by atoms with Crippen LogP contribution in [-0.4, -0.2) is 96.5 Å². The lowest BCUT2D eigenvalue weighted by Gasteiger charge is -2.45. The topological polar surface area (TPSA) is 202 Å². The molecule has 1 aliphatic heterocycles. The number of aliphatic carboxylic acids is 1. The molecule has 0 radical (unpaired) electrons. The van der Waals surface area contributed by atoms with E-state index in [1.807, 2.05) is 0 Å². The number of esters is 3. The summed E-state index contributed by atoms with van der Waals surface area (Å²) in [6.45, 7) is 8.06. The second-order valence-corrected chi connectivity index (χ2v) is 9.09. The van der Waals surface area contributed by atoms with E-state index in [2.05, 4.69) is 10.6 Å². The second-order valence-electron chi connectivity index (χ2n) is 9.09. The minimum atomic E-state index is -1.61. The molecule has 1 rings (SSSR count). The van der Waals surface area contributed by atoms with Gasteiger partial charge in [0.2, 0.25) is 5.91 Å². The van der Waals surface area contributed by atoms with Crippen LogP contribution in [0, 0.1) is 0 Å². The molecule has 1 fully saturated rings. The molecular weight excluding hydrogens is 500 g/mol. The van der Waals surface area contributed by atoms with E-state index in [9.17, 15) is 33.9 Å². The minimum absolute atomic E-state index is 0.462. The maximum atomic E-state index is 12.1. The molecule has 15 nitrogen and oxygen atoms in total. The smallest absolute Gasteiger partial charge is 0.408 e. The molecule has 3 N–H and O–H groups in total. The molecule has 0 unspecified atom stereocenters. The quantitative estimate of drug-likeness (QED) is 0.242. The highest BCUT2D eigenvalue weighted by Gasteiger charge is 2.51. The molecule has 0 aromatic carbocycles. The number of hydrogen-bond acceptors (Lipinski definition) is 12. The highest BCUT2D eigenvalue weighted by atomic mass is 16.7. The van der Waals surface area contributed by atoms with Gasteiger partial charge in [0.05, 0.1) is 6.61 Å². The van der Waals surface area contributed by atoms with Crippen molar-refractivity contribution < 1.29 is 62.3 Å². The standard InChI is InChI=1S/C22H34N2O13/c1-10(25)23-16-18(35-13(4)28)17(34-12(3)27)15(9-32-11(2)26)36-20(16)33-8-14(19(29)30)24-21(31)37-22(5,6)7/h14-18,20H,8-9H2,1-7H3,(H,23,25)(H,24,31)(H,29,30)/t14-,15+,16+,17-,18+,20-/m0/s1. The summed E-state index contributed by atoms with van der Waals surface area (Å²) in [4.78, 5) is 70.7. The number of hydrogen-bond donors (Lipinski definition) is 3. The zero-order valence-corrected chi connectivity index (χ0v) is 21.7. The Kier molecular flexibility index (Phi) is 11.7. The van der Waals surface area contributed by atoms with E-state index < -0.39 is 91.4 Å². The average molecular weight is 535 g/mol. The molecule has 0 saturated carbocycles. The molecule has 1 saturated heterocycles. The van der Waals surface area contributed by atoms with Crippen molar-refractivity contribution in [2.24, 2.45) is 0 Å². The molecule has 1 heterocycles. The Labute approximate surface area is 213 Å². The molecule has 2 amide bonds. The van der Waals surface area contributed by atoms with Crippen LogP contribution >= 0.6 is 0 Å². The summed E-state index contributed by atoms with van der Waals surface area (Å²) in [5, 5.41) is 14.1. The van der Waals surface area contributed by atoms with Crippen molar-refractivity contribution in [3.05, 3.63) is 0 Å². The van der Waals surface area contributed by atoms with Crippen LogP contribution < -0.4 is 10.6 Å². The van der Waals surface area contributed by atoms with E-state index in [1.165, 1.54) is 0 Å². The predicted octanol–water partition coefficient (Wildman–Crippen LogP) is -0.363. The Hall–Kier alpha value is -3.46. The van der Waals surface area contributed by atoms with Crippen LogP contribution in [0.1, 0.15) is 48.5 Å². The highest BCUT2D eigenvalue weighted by molar-refractivity contribution is 5.80. The van der Waals surface area contributed by atoms with Gasteiger partial charge in [0.25, 0.3) is 0 Å². The van der Waals surface area contributed by atoms with Crippen molar-refractivity contribution in [3.8, 4) is 0 Å². The van der Waals surface area contributed by atoms with Crippen molar-refractivity contribution in [1.29, 1.82) is 0 Å². The monoisotopic (exact) mass is 534 g/mol. The zero-order valence-electron chi connectivity index (χ0n) is 21.7. The maximum absolute atomic E-state index is 12.1. The first-order valence-corrected chi connectivity index (χ1v) is 11.2. The summed E-state index contributed by atoms with van der Waals surface area (Å²) in [6.07, 6.45) is -6.48. The molecule has 0 spiro atoms. The fraction of sp³-hybridized carbons (Fsp3) is 0.727. The maximum Gasteiger partial charge on any atom is 0.408 e. The third-order valence-corrected chi connectivity index (χ3v) is 4.49. The van der Waals surface area contributed by atoms with E-state index >= 15 is 0 Å². The fourth-order valence-electron chi connectivity index (χ4n) is 3.25. The van der Waals surface area contributed by atoms with Crippen LogP contribution in [0.5, 0.6) is 0 Å². The van der Waals surface area contributed by atoms with E-state index in [1.54, 1.807) is 20.8 Å². The first-order valence-electron chi connectivity index (χ1n) is 11.2. The summed E-state index contributed by atoms with van der Waals surface area (Å²) in [5.74, 6) is -4.36. The number of ether oxygens (including phenoxy) is 6. The average Bonchev–Trinajstić information content (AvgIpc) is 2.70. The summed E-state index contributed by atoms with van der Waals surface area (Å²) < 4.78 is 32.0. The van der Waals surface area contributed by atoms with Gasteiger partial charge in [-0.3, -0.25) is 19.2 Å². The van der Waals surface area contributed by atoms with Crippen LogP contribution in [0.25, 0.3) is 0 Å². The van der Waals surface area contributed by atoms with Crippen LogP contribution in [0.3, 0.4) is 0 Å². The molecule has 6 atom stereocenters. The van der Waals surface area contributed by atoms with Gasteiger partial charge in [0.1, 0.15) is 24.4 Å². The SMILES string of the molecule is CC(=O)N[C@H]1[C@@H](OC[C@H](NC(=O)OC(C)(C)C)C(=O)O)O[C@H](COC(C)=O)[C@H](OC(C)=O)[C@@H]1OC(C)=O. The molecular formula is C22H34N2O13. The third kappa shape index (κ3) is 11.4. The Balaban J connectivity index is 3.27. The van der Waals surface area contributed by atoms with Gasteiger partial charge in [-0.25, -0.2) is 9.59 Å². The van der Waals surface area contributed by atoms with Gasteiger partial charge in [0, 0.05) is 27.7 Å². The summed E-state index contributed by atoms with van der Waals surface area (Å²) in [5.41, 5.74) is -0.899. The van der Waals surface area contributed by atoms with Crippen LogP contribution in [-0.2, 0) is 52.4 Å². The van der Waals surface area contributed by atoms with Crippen LogP contribution in [0.2, 0.25) is 0 Å². The number of amides is 2. The van der Waals surface area contributed by atoms with Crippen molar-refractivity contribution in [2.75, 3.05) is 13.2 Å². The molecule has 0 aromatic heterocycles. The van der Waals surface area contributed by atoms with Crippen molar-refractivity contribution in [1.82, 2.24) is 10.6 Å².